The number of unbranched alkanes of at least 4 members (excludes halogenated alkanes) is 2. The van der Waals surface area contributed by atoms with Gasteiger partial charge < -0.3 is 15.4 Å². The van der Waals surface area contributed by atoms with E-state index in [-0.39, 0.29) is 12.5 Å². The van der Waals surface area contributed by atoms with Crippen molar-refractivity contribution in [1.29, 1.82) is 0 Å². The maximum absolute atomic E-state index is 11.2. The molecule has 0 aliphatic carbocycles. The number of hydrogen-bond acceptors (Lipinski definition) is 3. The lowest BCUT2D eigenvalue weighted by molar-refractivity contribution is -0.118. The van der Waals surface area contributed by atoms with Gasteiger partial charge in [0.1, 0.15) is 5.75 Å². The van der Waals surface area contributed by atoms with E-state index in [1.54, 1.807) is 0 Å². The minimum Gasteiger partial charge on any atom is -0.482 e. The SMILES string of the molecule is CCCCCNc1ccc2c(c1)NC(=O)CO2. The fourth-order valence-electron chi connectivity index (χ4n) is 1.80. The fraction of sp³-hybridized carbons (Fsp3) is 0.462. The van der Waals surface area contributed by atoms with Crippen molar-refractivity contribution in [3.63, 3.8) is 0 Å². The first kappa shape index (κ1) is 11.8. The van der Waals surface area contributed by atoms with Crippen molar-refractivity contribution in [3.8, 4) is 5.75 Å². The minimum absolute atomic E-state index is 0.0966. The second-order valence-electron chi connectivity index (χ2n) is 4.18. The van der Waals surface area contributed by atoms with Crippen LogP contribution in [-0.4, -0.2) is 19.1 Å². The van der Waals surface area contributed by atoms with E-state index in [1.165, 1.54) is 12.8 Å². The van der Waals surface area contributed by atoms with Crippen LogP contribution in [0.3, 0.4) is 0 Å². The molecule has 1 aliphatic rings. The zero-order valence-corrected chi connectivity index (χ0v) is 10.1. The summed E-state index contributed by atoms with van der Waals surface area (Å²) in [6.07, 6.45) is 3.62. The standard InChI is InChI=1S/C13H18N2O2/c1-2-3-4-7-14-10-5-6-12-11(8-10)15-13(16)9-17-12/h5-6,8,14H,2-4,7,9H2,1H3,(H,15,16). The van der Waals surface area contributed by atoms with Crippen molar-refractivity contribution >= 4 is 17.3 Å². The van der Waals surface area contributed by atoms with Crippen LogP contribution in [0, 0.1) is 0 Å². The first-order chi connectivity index (χ1) is 8.29. The molecule has 0 radical (unpaired) electrons. The van der Waals surface area contributed by atoms with E-state index in [9.17, 15) is 4.79 Å². The second kappa shape index (κ2) is 5.57. The van der Waals surface area contributed by atoms with Crippen LogP contribution >= 0.6 is 0 Å². The number of hydrogen-bond donors (Lipinski definition) is 2. The van der Waals surface area contributed by atoms with Crippen LogP contribution < -0.4 is 15.4 Å². The summed E-state index contributed by atoms with van der Waals surface area (Å²) in [4.78, 5) is 11.2. The number of carbonyl (C=O) groups excluding carboxylic acids is 1. The van der Waals surface area contributed by atoms with Crippen LogP contribution in [0.4, 0.5) is 11.4 Å². The summed E-state index contributed by atoms with van der Waals surface area (Å²) >= 11 is 0. The molecular formula is C13H18N2O2. The molecule has 0 unspecified atom stereocenters. The molecule has 4 nitrogen and oxygen atoms in total. The van der Waals surface area contributed by atoms with E-state index < -0.39 is 0 Å². The highest BCUT2D eigenvalue weighted by Gasteiger charge is 2.15. The highest BCUT2D eigenvalue weighted by atomic mass is 16.5. The Balaban J connectivity index is 1.95. The number of carbonyl (C=O) groups is 1. The van der Waals surface area contributed by atoms with Gasteiger partial charge in [-0.05, 0) is 24.6 Å². The fourth-order valence-corrected chi connectivity index (χ4v) is 1.80. The molecular weight excluding hydrogens is 216 g/mol. The van der Waals surface area contributed by atoms with Crippen LogP contribution in [0.5, 0.6) is 5.75 Å². The third-order valence-corrected chi connectivity index (χ3v) is 2.72. The maximum atomic E-state index is 11.2. The molecule has 17 heavy (non-hydrogen) atoms. The van der Waals surface area contributed by atoms with Gasteiger partial charge in [-0.1, -0.05) is 19.8 Å². The number of anilines is 2. The Morgan fingerprint density at radius 3 is 3.12 bits per heavy atom. The average Bonchev–Trinajstić information content (AvgIpc) is 2.34. The number of nitrogens with one attached hydrogen (secondary N) is 2. The molecule has 4 heteroatoms. The maximum Gasteiger partial charge on any atom is 0.262 e. The Bertz CT molecular complexity index is 404. The van der Waals surface area contributed by atoms with Crippen LogP contribution in [0.1, 0.15) is 26.2 Å². The number of fused-ring (bicyclic) bond motifs is 1. The zero-order valence-electron chi connectivity index (χ0n) is 10.1. The molecule has 92 valence electrons. The molecule has 0 bridgehead atoms. The van der Waals surface area contributed by atoms with E-state index in [0.29, 0.717) is 0 Å². The van der Waals surface area contributed by atoms with Crippen molar-refractivity contribution in [3.05, 3.63) is 18.2 Å². The molecule has 0 fully saturated rings. The summed E-state index contributed by atoms with van der Waals surface area (Å²) in [6, 6.07) is 5.78. The van der Waals surface area contributed by atoms with Crippen LogP contribution in [0.2, 0.25) is 0 Å². The molecule has 0 saturated heterocycles. The van der Waals surface area contributed by atoms with Crippen molar-refractivity contribution in [1.82, 2.24) is 0 Å². The quantitative estimate of drug-likeness (QED) is 0.770. The van der Waals surface area contributed by atoms with Gasteiger partial charge in [0, 0.05) is 12.2 Å². The Hall–Kier alpha value is -1.71. The summed E-state index contributed by atoms with van der Waals surface area (Å²) in [5.41, 5.74) is 1.77. The first-order valence-electron chi connectivity index (χ1n) is 6.10. The Morgan fingerprint density at radius 1 is 1.41 bits per heavy atom. The normalized spacial score (nSPS) is 13.6. The summed E-state index contributed by atoms with van der Waals surface area (Å²) in [5.74, 6) is 0.643. The molecule has 1 heterocycles. The third-order valence-electron chi connectivity index (χ3n) is 2.72. The molecule has 2 rings (SSSR count). The topological polar surface area (TPSA) is 50.4 Å². The number of amides is 1. The van der Waals surface area contributed by atoms with E-state index >= 15 is 0 Å². The van der Waals surface area contributed by atoms with Gasteiger partial charge in [0.2, 0.25) is 0 Å². The summed E-state index contributed by atoms with van der Waals surface area (Å²) in [7, 11) is 0. The van der Waals surface area contributed by atoms with E-state index in [4.69, 9.17) is 4.74 Å². The highest BCUT2D eigenvalue weighted by Crippen LogP contribution is 2.30. The monoisotopic (exact) mass is 234 g/mol. The second-order valence-corrected chi connectivity index (χ2v) is 4.18. The molecule has 2 N–H and O–H groups in total. The summed E-state index contributed by atoms with van der Waals surface area (Å²) in [5, 5.41) is 6.14. The first-order valence-corrected chi connectivity index (χ1v) is 6.10. The molecule has 1 aromatic rings. The van der Waals surface area contributed by atoms with Gasteiger partial charge in [-0.2, -0.15) is 0 Å². The number of rotatable bonds is 5. The van der Waals surface area contributed by atoms with Crippen LogP contribution in [0.15, 0.2) is 18.2 Å². The minimum atomic E-state index is -0.0966. The van der Waals surface area contributed by atoms with E-state index in [1.807, 2.05) is 18.2 Å². The lowest BCUT2D eigenvalue weighted by atomic mass is 10.2. The van der Waals surface area contributed by atoms with Crippen molar-refractivity contribution < 1.29 is 9.53 Å². The van der Waals surface area contributed by atoms with Gasteiger partial charge in [-0.3, -0.25) is 4.79 Å². The average molecular weight is 234 g/mol. The van der Waals surface area contributed by atoms with Gasteiger partial charge in [0.15, 0.2) is 6.61 Å². The van der Waals surface area contributed by atoms with Gasteiger partial charge >= 0.3 is 0 Å². The van der Waals surface area contributed by atoms with E-state index in [0.717, 1.165) is 30.1 Å². The van der Waals surface area contributed by atoms with Gasteiger partial charge in [-0.15, -0.1) is 0 Å². The van der Waals surface area contributed by atoms with Gasteiger partial charge in [0.25, 0.3) is 5.91 Å². The Morgan fingerprint density at radius 2 is 2.29 bits per heavy atom. The molecule has 0 atom stereocenters. The van der Waals surface area contributed by atoms with Crippen LogP contribution in [-0.2, 0) is 4.79 Å². The molecule has 1 aliphatic heterocycles. The predicted octanol–water partition coefficient (Wildman–Crippen LogP) is 2.62. The lowest BCUT2D eigenvalue weighted by Crippen LogP contribution is -2.25. The van der Waals surface area contributed by atoms with Gasteiger partial charge in [0.05, 0.1) is 5.69 Å². The summed E-state index contributed by atoms with van der Waals surface area (Å²) in [6.45, 7) is 3.25. The number of benzene rings is 1. The van der Waals surface area contributed by atoms with Gasteiger partial charge in [-0.25, -0.2) is 0 Å². The highest BCUT2D eigenvalue weighted by molar-refractivity contribution is 5.95. The molecule has 1 amide bonds. The Kier molecular flexibility index (Phi) is 3.85. The summed E-state index contributed by atoms with van der Waals surface area (Å²) < 4.78 is 5.29. The third kappa shape index (κ3) is 3.12. The Labute approximate surface area is 101 Å². The molecule has 0 spiro atoms. The zero-order chi connectivity index (χ0) is 12.1. The number of ether oxygens (including phenoxy) is 1. The smallest absolute Gasteiger partial charge is 0.262 e. The van der Waals surface area contributed by atoms with Crippen LogP contribution in [0.25, 0.3) is 0 Å². The molecule has 0 aromatic heterocycles. The van der Waals surface area contributed by atoms with Crippen molar-refractivity contribution in [2.45, 2.75) is 26.2 Å². The lowest BCUT2D eigenvalue weighted by Gasteiger charge is -2.18. The van der Waals surface area contributed by atoms with Crippen molar-refractivity contribution in [2.24, 2.45) is 0 Å². The van der Waals surface area contributed by atoms with Crippen molar-refractivity contribution in [2.75, 3.05) is 23.8 Å². The van der Waals surface area contributed by atoms with E-state index in [2.05, 4.69) is 17.6 Å². The predicted molar refractivity (Wildman–Crippen MR) is 68.6 cm³/mol. The molecule has 1 aromatic carbocycles. The largest absolute Gasteiger partial charge is 0.482 e. The molecule has 0 saturated carbocycles.